The third-order valence-electron chi connectivity index (χ3n) is 7.80. The van der Waals surface area contributed by atoms with E-state index in [0.29, 0.717) is 19.4 Å². The molecule has 2 saturated heterocycles. The molecule has 1 atom stereocenters. The molecule has 2 aromatic rings. The molecule has 0 aliphatic carbocycles. The number of urea groups is 1. The van der Waals surface area contributed by atoms with Gasteiger partial charge in [0.1, 0.15) is 5.54 Å². The molecule has 1 aromatic heterocycles. The van der Waals surface area contributed by atoms with Crippen LogP contribution in [0.3, 0.4) is 0 Å². The number of pyridine rings is 1. The molecule has 6 heteroatoms. The van der Waals surface area contributed by atoms with E-state index in [9.17, 15) is 9.59 Å². The second-order valence-electron chi connectivity index (χ2n) is 9.85. The number of carbonyl (C=O) groups excluding carboxylic acids is 2. The summed E-state index contributed by atoms with van der Waals surface area (Å²) in [5, 5.41) is 3.20. The van der Waals surface area contributed by atoms with Crippen LogP contribution in [0.25, 0.3) is 0 Å². The summed E-state index contributed by atoms with van der Waals surface area (Å²) in [5.74, 6) is 0.780. The molecular weight excluding hydrogens is 424 g/mol. The fourth-order valence-electron chi connectivity index (χ4n) is 5.60. The molecule has 1 aromatic carbocycles. The molecule has 2 aliphatic rings. The summed E-state index contributed by atoms with van der Waals surface area (Å²) in [4.78, 5) is 35.4. The molecule has 2 fully saturated rings. The summed E-state index contributed by atoms with van der Waals surface area (Å²) >= 11 is 0. The number of hydrogen-bond donors (Lipinski definition) is 1. The standard InChI is InChI=1S/C28H38N4O2/c1-3-22(4-2)21-31-17-13-24(14-18-31)28(20-23-10-6-5-7-11-23)26(33)32(27(34)30-28)19-15-25-12-8-9-16-29-25/h5-12,16,22,24H,3-4,13-15,17-21H2,1-2H3,(H,30,34). The van der Waals surface area contributed by atoms with E-state index in [1.165, 1.54) is 17.7 Å². The summed E-state index contributed by atoms with van der Waals surface area (Å²) in [6, 6.07) is 15.6. The van der Waals surface area contributed by atoms with Gasteiger partial charge in [0.2, 0.25) is 0 Å². The van der Waals surface area contributed by atoms with Crippen molar-refractivity contribution in [3.8, 4) is 0 Å². The van der Waals surface area contributed by atoms with Crippen LogP contribution in [0.1, 0.15) is 50.8 Å². The largest absolute Gasteiger partial charge is 0.325 e. The smallest absolute Gasteiger partial charge is 0.322 e. The molecule has 6 nitrogen and oxygen atoms in total. The predicted molar refractivity (Wildman–Crippen MR) is 134 cm³/mol. The van der Waals surface area contributed by atoms with Crippen molar-refractivity contribution in [3.63, 3.8) is 0 Å². The van der Waals surface area contributed by atoms with Crippen molar-refractivity contribution in [1.29, 1.82) is 0 Å². The third-order valence-corrected chi connectivity index (χ3v) is 7.80. The minimum atomic E-state index is -0.871. The quantitative estimate of drug-likeness (QED) is 0.535. The zero-order valence-corrected chi connectivity index (χ0v) is 20.6. The van der Waals surface area contributed by atoms with Gasteiger partial charge < -0.3 is 10.2 Å². The number of carbonyl (C=O) groups is 2. The van der Waals surface area contributed by atoms with E-state index in [2.05, 4.69) is 41.2 Å². The molecule has 182 valence electrons. The van der Waals surface area contributed by atoms with E-state index in [1.807, 2.05) is 36.4 Å². The van der Waals surface area contributed by atoms with Crippen molar-refractivity contribution >= 4 is 11.9 Å². The molecule has 4 rings (SSSR count). The Kier molecular flexibility index (Phi) is 7.99. The first kappa shape index (κ1) is 24.4. The van der Waals surface area contributed by atoms with Gasteiger partial charge in [-0.15, -0.1) is 0 Å². The SMILES string of the molecule is CCC(CC)CN1CCC(C2(Cc3ccccc3)NC(=O)N(CCc3ccccn3)C2=O)CC1. The van der Waals surface area contributed by atoms with Gasteiger partial charge in [-0.25, -0.2) is 4.79 Å². The summed E-state index contributed by atoms with van der Waals surface area (Å²) < 4.78 is 0. The maximum Gasteiger partial charge on any atom is 0.325 e. The first-order chi connectivity index (χ1) is 16.6. The molecule has 0 saturated carbocycles. The molecule has 34 heavy (non-hydrogen) atoms. The fraction of sp³-hybridized carbons (Fsp3) is 0.536. The molecule has 1 N–H and O–H groups in total. The second kappa shape index (κ2) is 11.1. The number of piperidine rings is 1. The van der Waals surface area contributed by atoms with Gasteiger partial charge in [-0.1, -0.05) is 63.1 Å². The highest BCUT2D eigenvalue weighted by Gasteiger charge is 2.55. The van der Waals surface area contributed by atoms with Crippen LogP contribution in [0.2, 0.25) is 0 Å². The third kappa shape index (κ3) is 5.33. The van der Waals surface area contributed by atoms with Crippen molar-refractivity contribution in [1.82, 2.24) is 20.1 Å². The van der Waals surface area contributed by atoms with Crippen LogP contribution < -0.4 is 5.32 Å². The lowest BCUT2D eigenvalue weighted by atomic mass is 9.73. The summed E-state index contributed by atoms with van der Waals surface area (Å²) in [5.41, 5.74) is 1.10. The molecule has 0 spiro atoms. The average molecular weight is 463 g/mol. The van der Waals surface area contributed by atoms with Crippen molar-refractivity contribution in [3.05, 3.63) is 66.0 Å². The lowest BCUT2D eigenvalue weighted by Gasteiger charge is -2.41. The molecule has 2 aliphatic heterocycles. The molecule has 0 bridgehead atoms. The van der Waals surface area contributed by atoms with Gasteiger partial charge in [0, 0.05) is 37.8 Å². The number of aromatic nitrogens is 1. The van der Waals surface area contributed by atoms with Crippen LogP contribution in [-0.4, -0.2) is 58.4 Å². The van der Waals surface area contributed by atoms with Crippen LogP contribution in [0.5, 0.6) is 0 Å². The Morgan fingerprint density at radius 2 is 1.74 bits per heavy atom. The number of nitrogens with one attached hydrogen (secondary N) is 1. The number of likely N-dealkylation sites (tertiary alicyclic amines) is 1. The minimum absolute atomic E-state index is 0.0734. The zero-order chi connectivity index (χ0) is 24.0. The van der Waals surface area contributed by atoms with E-state index >= 15 is 0 Å². The number of nitrogens with zero attached hydrogens (tertiary/aromatic N) is 3. The van der Waals surface area contributed by atoms with Crippen LogP contribution in [0, 0.1) is 11.8 Å². The number of hydrogen-bond acceptors (Lipinski definition) is 4. The molecule has 0 radical (unpaired) electrons. The van der Waals surface area contributed by atoms with Gasteiger partial charge in [-0.05, 0) is 55.5 Å². The van der Waals surface area contributed by atoms with E-state index in [0.717, 1.165) is 49.7 Å². The Morgan fingerprint density at radius 3 is 2.38 bits per heavy atom. The van der Waals surface area contributed by atoms with Gasteiger partial charge in [0.15, 0.2) is 0 Å². The zero-order valence-electron chi connectivity index (χ0n) is 20.6. The average Bonchev–Trinajstić information content (AvgIpc) is 3.12. The van der Waals surface area contributed by atoms with Crippen molar-refractivity contribution in [2.45, 2.75) is 57.9 Å². The summed E-state index contributed by atoms with van der Waals surface area (Å²) in [6.07, 6.45) is 7.10. The lowest BCUT2D eigenvalue weighted by molar-refractivity contribution is -0.134. The summed E-state index contributed by atoms with van der Waals surface area (Å²) in [6.45, 7) is 7.97. The van der Waals surface area contributed by atoms with Crippen LogP contribution in [-0.2, 0) is 17.6 Å². The Balaban J connectivity index is 1.51. The molecule has 3 heterocycles. The van der Waals surface area contributed by atoms with Gasteiger partial charge in [0.25, 0.3) is 5.91 Å². The first-order valence-corrected chi connectivity index (χ1v) is 12.9. The first-order valence-electron chi connectivity index (χ1n) is 12.9. The van der Waals surface area contributed by atoms with E-state index in [-0.39, 0.29) is 17.9 Å². The van der Waals surface area contributed by atoms with Gasteiger partial charge in [0.05, 0.1) is 0 Å². The van der Waals surface area contributed by atoms with Crippen LogP contribution in [0.4, 0.5) is 4.79 Å². The van der Waals surface area contributed by atoms with Gasteiger partial charge in [-0.3, -0.25) is 14.7 Å². The number of rotatable bonds is 10. The normalized spacial score (nSPS) is 21.9. The maximum atomic E-state index is 13.9. The minimum Gasteiger partial charge on any atom is -0.322 e. The van der Waals surface area contributed by atoms with E-state index in [1.54, 1.807) is 6.20 Å². The Hall–Kier alpha value is -2.73. The van der Waals surface area contributed by atoms with Crippen molar-refractivity contribution in [2.24, 2.45) is 11.8 Å². The van der Waals surface area contributed by atoms with Crippen molar-refractivity contribution in [2.75, 3.05) is 26.2 Å². The van der Waals surface area contributed by atoms with Gasteiger partial charge >= 0.3 is 6.03 Å². The highest BCUT2D eigenvalue weighted by atomic mass is 16.2. The second-order valence-corrected chi connectivity index (χ2v) is 9.85. The molecule has 3 amide bonds. The highest BCUT2D eigenvalue weighted by Crippen LogP contribution is 2.37. The Bertz CT molecular complexity index is 939. The Labute approximate surface area is 203 Å². The monoisotopic (exact) mass is 462 g/mol. The maximum absolute atomic E-state index is 13.9. The topological polar surface area (TPSA) is 65.5 Å². The van der Waals surface area contributed by atoms with E-state index in [4.69, 9.17) is 0 Å². The predicted octanol–water partition coefficient (Wildman–Crippen LogP) is 4.31. The van der Waals surface area contributed by atoms with Gasteiger partial charge in [-0.2, -0.15) is 0 Å². The Morgan fingerprint density at radius 1 is 1.03 bits per heavy atom. The number of benzene rings is 1. The van der Waals surface area contributed by atoms with E-state index < -0.39 is 5.54 Å². The number of imide groups is 1. The number of amides is 3. The fourth-order valence-corrected chi connectivity index (χ4v) is 5.60. The summed E-state index contributed by atoms with van der Waals surface area (Å²) in [7, 11) is 0. The van der Waals surface area contributed by atoms with Crippen LogP contribution in [0.15, 0.2) is 54.7 Å². The van der Waals surface area contributed by atoms with Crippen molar-refractivity contribution < 1.29 is 9.59 Å². The lowest BCUT2D eigenvalue weighted by Crippen LogP contribution is -2.57. The molecule has 1 unspecified atom stereocenters. The molecular formula is C28H38N4O2. The highest BCUT2D eigenvalue weighted by molar-refractivity contribution is 6.07. The van der Waals surface area contributed by atoms with Crippen LogP contribution >= 0.6 is 0 Å².